The summed E-state index contributed by atoms with van der Waals surface area (Å²) in [7, 11) is 0. The maximum Gasteiger partial charge on any atom is 0.128 e. The Hall–Kier alpha value is -3.72. The van der Waals surface area contributed by atoms with E-state index in [4.69, 9.17) is 4.74 Å². The van der Waals surface area contributed by atoms with Crippen molar-refractivity contribution in [1.82, 2.24) is 9.97 Å². The molecule has 31 heavy (non-hydrogen) atoms. The minimum absolute atomic E-state index is 0.792. The van der Waals surface area contributed by atoms with Gasteiger partial charge in [0, 0.05) is 23.5 Å². The molecule has 2 aromatic carbocycles. The van der Waals surface area contributed by atoms with Crippen molar-refractivity contribution in [2.45, 2.75) is 25.7 Å². The van der Waals surface area contributed by atoms with Crippen molar-refractivity contribution in [3.8, 4) is 34.0 Å². The number of rotatable bonds is 0. The molecule has 0 saturated heterocycles. The summed E-state index contributed by atoms with van der Waals surface area (Å²) in [6.07, 6.45) is 12.5. The van der Waals surface area contributed by atoms with Gasteiger partial charge >= 0.3 is 0 Å². The molecular weight excluding hydrogens is 380 g/mol. The fraction of sp³-hybridized carbons (Fsp3) is 0.143. The molecule has 0 amide bonds. The van der Waals surface area contributed by atoms with Gasteiger partial charge in [-0.15, -0.1) is 0 Å². The Kier molecular flexibility index (Phi) is 5.57. The van der Waals surface area contributed by atoms with Crippen LogP contribution in [0.3, 0.4) is 0 Å². The van der Waals surface area contributed by atoms with Gasteiger partial charge in [-0.2, -0.15) is 0 Å². The summed E-state index contributed by atoms with van der Waals surface area (Å²) in [5.74, 6) is 1.58. The van der Waals surface area contributed by atoms with E-state index in [0.29, 0.717) is 0 Å². The lowest BCUT2D eigenvalue weighted by atomic mass is 10.1. The smallest absolute Gasteiger partial charge is 0.128 e. The third kappa shape index (κ3) is 4.72. The average molecular weight is 405 g/mol. The minimum atomic E-state index is 0.792. The summed E-state index contributed by atoms with van der Waals surface area (Å²) in [4.78, 5) is 9.36. The molecule has 4 aliphatic heterocycles. The number of pyridine rings is 2. The van der Waals surface area contributed by atoms with Crippen molar-refractivity contribution in [3.05, 3.63) is 108 Å². The summed E-state index contributed by atoms with van der Waals surface area (Å²) in [6.45, 7) is 0. The quantitative estimate of drug-likeness (QED) is 0.295. The van der Waals surface area contributed by atoms with Gasteiger partial charge in [-0.25, -0.2) is 0 Å². The van der Waals surface area contributed by atoms with Gasteiger partial charge in [0.2, 0.25) is 0 Å². The normalized spacial score (nSPS) is 14.5. The van der Waals surface area contributed by atoms with Crippen molar-refractivity contribution < 1.29 is 4.74 Å². The van der Waals surface area contributed by atoms with E-state index in [1.165, 1.54) is 11.1 Å². The average Bonchev–Trinajstić information content (AvgIpc) is 2.82. The summed E-state index contributed by atoms with van der Waals surface area (Å²) < 4.78 is 6.17. The van der Waals surface area contributed by atoms with E-state index in [2.05, 4.69) is 58.5 Å². The molecule has 2 aromatic heterocycles. The van der Waals surface area contributed by atoms with Crippen LogP contribution in [0.2, 0.25) is 0 Å². The Morgan fingerprint density at radius 2 is 1.10 bits per heavy atom. The lowest BCUT2D eigenvalue weighted by Crippen LogP contribution is -1.90. The van der Waals surface area contributed by atoms with Crippen LogP contribution in [0.15, 0.2) is 97.3 Å². The molecule has 0 unspecified atom stereocenters. The molecule has 8 rings (SSSR count). The van der Waals surface area contributed by atoms with Gasteiger partial charge in [-0.3, -0.25) is 9.97 Å². The van der Waals surface area contributed by atoms with Gasteiger partial charge in [-0.1, -0.05) is 48.6 Å². The summed E-state index contributed by atoms with van der Waals surface area (Å²) in [5, 5.41) is 0. The highest BCUT2D eigenvalue weighted by Gasteiger charge is 2.06. The molecule has 0 radical (unpaired) electrons. The van der Waals surface area contributed by atoms with E-state index in [9.17, 15) is 0 Å². The van der Waals surface area contributed by atoms with Gasteiger partial charge in [0.25, 0.3) is 0 Å². The predicted molar refractivity (Wildman–Crippen MR) is 125 cm³/mol. The first-order valence-electron chi connectivity index (χ1n) is 10.8. The fourth-order valence-electron chi connectivity index (χ4n) is 3.80. The molecule has 8 bridgehead atoms. The molecule has 4 aromatic rings. The Labute approximate surface area is 183 Å². The molecule has 0 atom stereocenters. The lowest BCUT2D eigenvalue weighted by Gasteiger charge is -2.10. The molecule has 3 heteroatoms. The largest absolute Gasteiger partial charge is 0.457 e. The lowest BCUT2D eigenvalue weighted by molar-refractivity contribution is 0.483. The predicted octanol–water partition coefficient (Wildman–Crippen LogP) is 7.04. The number of aryl methyl sites for hydroxylation is 2. The van der Waals surface area contributed by atoms with Crippen LogP contribution in [-0.2, 0) is 12.8 Å². The first-order valence-corrected chi connectivity index (χ1v) is 10.8. The van der Waals surface area contributed by atoms with Crippen molar-refractivity contribution in [3.63, 3.8) is 0 Å². The van der Waals surface area contributed by atoms with E-state index in [-0.39, 0.29) is 0 Å². The molecule has 0 saturated carbocycles. The maximum atomic E-state index is 6.17. The van der Waals surface area contributed by atoms with Crippen LogP contribution in [0.4, 0.5) is 0 Å². The van der Waals surface area contributed by atoms with E-state index in [0.717, 1.165) is 59.7 Å². The number of allylic oxidation sites excluding steroid dienone is 2. The SMILES string of the molecule is C1=C/CCc2ccc(nc2)-c2cccc(c2)Oc2cccc(c2)-c2ccc(cn2)CC/1. The number of aromatic nitrogens is 2. The molecule has 0 fully saturated rings. The maximum absolute atomic E-state index is 6.17. The molecule has 0 N–H and O–H groups in total. The van der Waals surface area contributed by atoms with E-state index in [1.807, 2.05) is 48.8 Å². The second-order valence-electron chi connectivity index (χ2n) is 7.81. The van der Waals surface area contributed by atoms with Crippen LogP contribution in [0, 0.1) is 0 Å². The number of benzene rings is 2. The number of nitrogens with zero attached hydrogens (tertiary/aromatic N) is 2. The first kappa shape index (κ1) is 19.3. The van der Waals surface area contributed by atoms with Crippen LogP contribution in [0.25, 0.3) is 22.5 Å². The second-order valence-corrected chi connectivity index (χ2v) is 7.81. The highest BCUT2D eigenvalue weighted by atomic mass is 16.5. The zero-order chi connectivity index (χ0) is 20.9. The highest BCUT2D eigenvalue weighted by molar-refractivity contribution is 5.63. The molecule has 4 aliphatic rings. The fourth-order valence-corrected chi connectivity index (χ4v) is 3.80. The molecule has 6 heterocycles. The number of hydrogen-bond donors (Lipinski definition) is 0. The molecule has 3 nitrogen and oxygen atoms in total. The van der Waals surface area contributed by atoms with E-state index < -0.39 is 0 Å². The van der Waals surface area contributed by atoms with E-state index in [1.54, 1.807) is 0 Å². The number of hydrogen-bond acceptors (Lipinski definition) is 3. The van der Waals surface area contributed by atoms with Crippen molar-refractivity contribution >= 4 is 0 Å². The van der Waals surface area contributed by atoms with Crippen molar-refractivity contribution in [2.75, 3.05) is 0 Å². The van der Waals surface area contributed by atoms with Gasteiger partial charge in [0.1, 0.15) is 11.5 Å². The summed E-state index contributed by atoms with van der Waals surface area (Å²) in [5.41, 5.74) is 6.50. The Balaban J connectivity index is 1.50. The standard InChI is InChI=1S/C28H24N2O/c1-2-4-8-22-14-16-28(30-20-22)24-10-6-12-26(18-24)31-25-11-5-9-23(17-25)27-15-13-21(7-3-1)19-29-27/h1-2,5-6,9-20H,3-4,7-8H2/b2-1+. The Morgan fingerprint density at radius 3 is 1.55 bits per heavy atom. The van der Waals surface area contributed by atoms with Gasteiger partial charge in [0.15, 0.2) is 0 Å². The van der Waals surface area contributed by atoms with Crippen LogP contribution in [-0.4, -0.2) is 9.97 Å². The van der Waals surface area contributed by atoms with Gasteiger partial charge < -0.3 is 4.74 Å². The van der Waals surface area contributed by atoms with Gasteiger partial charge in [0.05, 0.1) is 11.4 Å². The summed E-state index contributed by atoms with van der Waals surface area (Å²) >= 11 is 0. The molecule has 152 valence electrons. The third-order valence-electron chi connectivity index (χ3n) is 5.51. The zero-order valence-electron chi connectivity index (χ0n) is 17.4. The van der Waals surface area contributed by atoms with Crippen LogP contribution in [0.5, 0.6) is 11.5 Å². The monoisotopic (exact) mass is 404 g/mol. The van der Waals surface area contributed by atoms with Crippen LogP contribution in [0.1, 0.15) is 24.0 Å². The first-order chi connectivity index (χ1) is 15.3. The van der Waals surface area contributed by atoms with Crippen molar-refractivity contribution in [2.24, 2.45) is 0 Å². The van der Waals surface area contributed by atoms with Crippen LogP contribution >= 0.6 is 0 Å². The minimum Gasteiger partial charge on any atom is -0.457 e. The second kappa shape index (κ2) is 8.97. The number of ether oxygens (including phenoxy) is 1. The molecule has 0 aliphatic carbocycles. The van der Waals surface area contributed by atoms with Crippen molar-refractivity contribution in [1.29, 1.82) is 0 Å². The highest BCUT2D eigenvalue weighted by Crippen LogP contribution is 2.29. The zero-order valence-corrected chi connectivity index (χ0v) is 17.4. The third-order valence-corrected chi connectivity index (χ3v) is 5.51. The Bertz CT molecular complexity index is 1100. The summed E-state index contributed by atoms with van der Waals surface area (Å²) in [6, 6.07) is 24.7. The van der Waals surface area contributed by atoms with Crippen LogP contribution < -0.4 is 4.74 Å². The molecular formula is C28H24N2O. The topological polar surface area (TPSA) is 35.0 Å². The molecule has 0 spiro atoms. The van der Waals surface area contributed by atoms with E-state index >= 15 is 0 Å². The van der Waals surface area contributed by atoms with Gasteiger partial charge in [-0.05, 0) is 73.2 Å². The Morgan fingerprint density at radius 1 is 0.581 bits per heavy atom.